The zero-order valence-electron chi connectivity index (χ0n) is 9.03. The van der Waals surface area contributed by atoms with Crippen molar-refractivity contribution in [3.8, 4) is 0 Å². The number of aromatic nitrogens is 2. The molecule has 0 saturated heterocycles. The van der Waals surface area contributed by atoms with Gasteiger partial charge in [-0.05, 0) is 18.6 Å². The number of hydrogen-bond acceptors (Lipinski definition) is 2. The van der Waals surface area contributed by atoms with Crippen LogP contribution >= 0.6 is 0 Å². The molecule has 0 aliphatic heterocycles. The molecule has 1 aromatic heterocycles. The molecule has 0 spiro atoms. The highest BCUT2D eigenvalue weighted by atomic mass is 19.1. The molecule has 0 atom stereocenters. The minimum Gasteiger partial charge on any atom is -0.301 e. The molecule has 4 nitrogen and oxygen atoms in total. The first kappa shape index (κ1) is 10.6. The topological polar surface area (TPSA) is 44.0 Å². The molecule has 0 fully saturated rings. The summed E-state index contributed by atoms with van der Waals surface area (Å²) in [6.07, 6.45) is 0.624. The van der Waals surface area contributed by atoms with Gasteiger partial charge in [0.15, 0.2) is 0 Å². The molecule has 0 saturated carbocycles. The summed E-state index contributed by atoms with van der Waals surface area (Å²) in [5, 5.41) is 0. The van der Waals surface area contributed by atoms with Crippen molar-refractivity contribution in [3.63, 3.8) is 0 Å². The van der Waals surface area contributed by atoms with E-state index in [1.54, 1.807) is 20.0 Å². The Morgan fingerprint density at radius 1 is 1.38 bits per heavy atom. The fourth-order valence-electron chi connectivity index (χ4n) is 1.78. The second-order valence-electron chi connectivity index (χ2n) is 3.71. The van der Waals surface area contributed by atoms with Crippen LogP contribution in [-0.2, 0) is 18.4 Å². The molecule has 0 aliphatic rings. The van der Waals surface area contributed by atoms with Crippen LogP contribution < -0.4 is 5.69 Å². The van der Waals surface area contributed by atoms with Crippen LogP contribution in [0.25, 0.3) is 11.0 Å². The number of aldehydes is 1. The fraction of sp³-hybridized carbons (Fsp3) is 0.273. The monoisotopic (exact) mass is 222 g/mol. The first-order valence-electron chi connectivity index (χ1n) is 4.85. The van der Waals surface area contributed by atoms with Crippen LogP contribution in [0.5, 0.6) is 0 Å². The Hall–Kier alpha value is -1.91. The van der Waals surface area contributed by atoms with Crippen LogP contribution in [0.15, 0.2) is 16.9 Å². The number of fused-ring (bicyclic) bond motifs is 1. The Labute approximate surface area is 90.9 Å². The Morgan fingerprint density at radius 2 is 2.06 bits per heavy atom. The summed E-state index contributed by atoms with van der Waals surface area (Å²) in [5.74, 6) is -0.377. The highest BCUT2D eigenvalue weighted by molar-refractivity contribution is 5.78. The molecule has 1 heterocycles. The quantitative estimate of drug-likeness (QED) is 0.711. The maximum Gasteiger partial charge on any atom is 0.329 e. The number of halogens is 1. The lowest BCUT2D eigenvalue weighted by Gasteiger charge is -1.99. The zero-order chi connectivity index (χ0) is 11.9. The number of benzene rings is 1. The number of hydrogen-bond donors (Lipinski definition) is 0. The Morgan fingerprint density at radius 3 is 2.69 bits per heavy atom. The normalized spacial score (nSPS) is 10.9. The number of imidazole rings is 1. The van der Waals surface area contributed by atoms with E-state index >= 15 is 0 Å². The molecule has 5 heteroatoms. The predicted octanol–water partition coefficient (Wildman–Crippen LogP) is 0.986. The van der Waals surface area contributed by atoms with Crippen molar-refractivity contribution in [2.75, 3.05) is 0 Å². The van der Waals surface area contributed by atoms with Crippen molar-refractivity contribution in [2.45, 2.75) is 13.5 Å². The van der Waals surface area contributed by atoms with E-state index in [0.29, 0.717) is 22.9 Å². The predicted molar refractivity (Wildman–Crippen MR) is 57.9 cm³/mol. The van der Waals surface area contributed by atoms with Gasteiger partial charge < -0.3 is 4.79 Å². The lowest BCUT2D eigenvalue weighted by Crippen LogP contribution is -2.22. The van der Waals surface area contributed by atoms with Gasteiger partial charge in [0.2, 0.25) is 0 Å². The molecule has 16 heavy (non-hydrogen) atoms. The van der Waals surface area contributed by atoms with Crippen LogP contribution in [-0.4, -0.2) is 15.4 Å². The summed E-state index contributed by atoms with van der Waals surface area (Å²) in [6.45, 7) is 1.58. The minimum absolute atomic E-state index is 0.0569. The van der Waals surface area contributed by atoms with Gasteiger partial charge in [-0.15, -0.1) is 0 Å². The SMILES string of the molecule is Cc1cc2c(cc1F)n(CC=O)c(=O)n2C. The second kappa shape index (κ2) is 3.59. The average Bonchev–Trinajstić information content (AvgIpc) is 2.46. The summed E-state index contributed by atoms with van der Waals surface area (Å²) in [7, 11) is 1.60. The summed E-state index contributed by atoms with van der Waals surface area (Å²) in [6, 6.07) is 2.89. The van der Waals surface area contributed by atoms with Crippen LogP contribution in [0.4, 0.5) is 4.39 Å². The van der Waals surface area contributed by atoms with E-state index in [2.05, 4.69) is 0 Å². The standard InChI is InChI=1S/C11H11FN2O2/c1-7-5-9-10(6-8(7)12)14(3-4-15)11(16)13(9)2/h4-6H,3H2,1-2H3. The maximum atomic E-state index is 13.4. The summed E-state index contributed by atoms with van der Waals surface area (Å²) < 4.78 is 16.1. The zero-order valence-corrected chi connectivity index (χ0v) is 9.03. The molecule has 0 unspecified atom stereocenters. The van der Waals surface area contributed by atoms with Gasteiger partial charge in [-0.25, -0.2) is 9.18 Å². The molecule has 0 N–H and O–H groups in total. The van der Waals surface area contributed by atoms with Crippen molar-refractivity contribution >= 4 is 17.3 Å². The maximum absolute atomic E-state index is 13.4. The second-order valence-corrected chi connectivity index (χ2v) is 3.71. The molecule has 0 bridgehead atoms. The fourth-order valence-corrected chi connectivity index (χ4v) is 1.78. The van der Waals surface area contributed by atoms with E-state index in [1.165, 1.54) is 15.2 Å². The lowest BCUT2D eigenvalue weighted by molar-refractivity contribution is -0.108. The van der Waals surface area contributed by atoms with E-state index in [-0.39, 0.29) is 18.1 Å². The van der Waals surface area contributed by atoms with E-state index in [9.17, 15) is 14.0 Å². The van der Waals surface area contributed by atoms with Gasteiger partial charge in [-0.3, -0.25) is 9.13 Å². The van der Waals surface area contributed by atoms with Crippen molar-refractivity contribution in [1.29, 1.82) is 0 Å². The Kier molecular flexibility index (Phi) is 2.38. The third kappa shape index (κ3) is 1.36. The highest BCUT2D eigenvalue weighted by Gasteiger charge is 2.12. The van der Waals surface area contributed by atoms with Crippen molar-refractivity contribution in [2.24, 2.45) is 7.05 Å². The number of rotatable bonds is 2. The molecular weight excluding hydrogens is 211 g/mol. The van der Waals surface area contributed by atoms with E-state index in [0.717, 1.165) is 0 Å². The smallest absolute Gasteiger partial charge is 0.301 e. The first-order chi connectivity index (χ1) is 7.56. The molecule has 1 aromatic carbocycles. The Balaban J connectivity index is 2.91. The van der Waals surface area contributed by atoms with E-state index < -0.39 is 0 Å². The third-order valence-corrected chi connectivity index (χ3v) is 2.68. The van der Waals surface area contributed by atoms with Gasteiger partial charge in [-0.2, -0.15) is 0 Å². The van der Waals surface area contributed by atoms with Crippen LogP contribution in [0, 0.1) is 12.7 Å². The molecule has 0 amide bonds. The minimum atomic E-state index is -0.377. The van der Waals surface area contributed by atoms with E-state index in [4.69, 9.17) is 0 Å². The number of aryl methyl sites for hydroxylation is 2. The van der Waals surface area contributed by atoms with Crippen molar-refractivity contribution in [1.82, 2.24) is 9.13 Å². The number of carbonyl (C=O) groups excluding carboxylic acids is 1. The first-order valence-corrected chi connectivity index (χ1v) is 4.85. The van der Waals surface area contributed by atoms with Gasteiger partial charge in [-0.1, -0.05) is 0 Å². The van der Waals surface area contributed by atoms with Gasteiger partial charge in [0.1, 0.15) is 12.1 Å². The third-order valence-electron chi connectivity index (χ3n) is 2.68. The number of nitrogens with zero attached hydrogens (tertiary/aromatic N) is 2. The molecule has 2 aromatic rings. The molecule has 0 radical (unpaired) electrons. The highest BCUT2D eigenvalue weighted by Crippen LogP contribution is 2.17. The van der Waals surface area contributed by atoms with Gasteiger partial charge in [0, 0.05) is 13.1 Å². The van der Waals surface area contributed by atoms with Crippen LogP contribution in [0.2, 0.25) is 0 Å². The molecular formula is C11H11FN2O2. The lowest BCUT2D eigenvalue weighted by atomic mass is 10.2. The summed E-state index contributed by atoms with van der Waals surface area (Å²) >= 11 is 0. The molecule has 84 valence electrons. The van der Waals surface area contributed by atoms with Crippen molar-refractivity contribution in [3.05, 3.63) is 34.0 Å². The molecule has 2 rings (SSSR count). The molecule has 0 aliphatic carbocycles. The number of carbonyl (C=O) groups is 1. The van der Waals surface area contributed by atoms with Gasteiger partial charge in [0.05, 0.1) is 17.6 Å². The van der Waals surface area contributed by atoms with Gasteiger partial charge in [0.25, 0.3) is 0 Å². The van der Waals surface area contributed by atoms with Gasteiger partial charge >= 0.3 is 5.69 Å². The average molecular weight is 222 g/mol. The summed E-state index contributed by atoms with van der Waals surface area (Å²) in [4.78, 5) is 22.2. The van der Waals surface area contributed by atoms with Crippen LogP contribution in [0.3, 0.4) is 0 Å². The van der Waals surface area contributed by atoms with Crippen molar-refractivity contribution < 1.29 is 9.18 Å². The largest absolute Gasteiger partial charge is 0.329 e. The van der Waals surface area contributed by atoms with E-state index in [1.807, 2.05) is 0 Å². The Bertz CT molecular complexity index is 625. The summed E-state index contributed by atoms with van der Waals surface area (Å²) in [5.41, 5.74) is 1.24. The van der Waals surface area contributed by atoms with Crippen LogP contribution in [0.1, 0.15) is 5.56 Å².